The van der Waals surface area contributed by atoms with Crippen LogP contribution in [0, 0.1) is 5.82 Å². The zero-order valence-electron chi connectivity index (χ0n) is 9.46. The van der Waals surface area contributed by atoms with Gasteiger partial charge in [0.05, 0.1) is 10.7 Å². The molecule has 4 nitrogen and oxygen atoms in total. The van der Waals surface area contributed by atoms with Gasteiger partial charge in [0.2, 0.25) is 0 Å². The minimum absolute atomic E-state index is 0.431. The molecule has 0 saturated carbocycles. The van der Waals surface area contributed by atoms with Gasteiger partial charge in [0.15, 0.2) is 5.82 Å². The Morgan fingerprint density at radius 1 is 1.30 bits per heavy atom. The molecule has 0 aliphatic carbocycles. The van der Waals surface area contributed by atoms with Crippen molar-refractivity contribution in [3.63, 3.8) is 0 Å². The second kappa shape index (κ2) is 5.91. The predicted octanol–water partition coefficient (Wildman–Crippen LogP) is 3.08. The number of halogens is 5. The lowest BCUT2D eigenvalue weighted by molar-refractivity contribution is -0.167. The lowest BCUT2D eigenvalue weighted by Gasteiger charge is -2.11. The molecule has 0 aromatic heterocycles. The summed E-state index contributed by atoms with van der Waals surface area (Å²) in [4.78, 5) is 21.1. The van der Waals surface area contributed by atoms with Crippen LogP contribution in [-0.4, -0.2) is 23.2 Å². The Bertz CT molecular complexity index is 584. The summed E-state index contributed by atoms with van der Waals surface area (Å²) in [6.07, 6.45) is -3.97. The van der Waals surface area contributed by atoms with Gasteiger partial charge in [-0.2, -0.15) is 13.2 Å². The first kappa shape index (κ1) is 16.0. The monoisotopic (exact) mass is 311 g/mol. The van der Waals surface area contributed by atoms with Gasteiger partial charge in [0.1, 0.15) is 0 Å². The summed E-state index contributed by atoms with van der Waals surface area (Å²) >= 11 is 5.44. The normalized spacial score (nSPS) is 11.7. The van der Waals surface area contributed by atoms with Crippen LogP contribution in [0.1, 0.15) is 5.56 Å². The largest absolute Gasteiger partial charge is 0.478 e. The molecule has 0 aliphatic rings. The van der Waals surface area contributed by atoms with Crippen LogP contribution in [0.3, 0.4) is 0 Å². The number of carbonyl (C=O) groups is 2. The van der Waals surface area contributed by atoms with Crippen molar-refractivity contribution in [3.8, 4) is 0 Å². The molecule has 0 heterocycles. The maximum atomic E-state index is 13.7. The molecule has 0 radical (unpaired) electrons. The minimum Gasteiger partial charge on any atom is -0.478 e. The second-order valence-corrected chi connectivity index (χ2v) is 3.85. The summed E-state index contributed by atoms with van der Waals surface area (Å²) in [7, 11) is 0. The Morgan fingerprint density at radius 3 is 2.40 bits per heavy atom. The van der Waals surface area contributed by atoms with Crippen LogP contribution in [0.5, 0.6) is 0 Å². The van der Waals surface area contributed by atoms with E-state index in [1.165, 1.54) is 5.32 Å². The molecule has 0 spiro atoms. The number of nitrogens with one attached hydrogen (secondary N) is 1. The number of carboxylic acids is 1. The quantitative estimate of drug-likeness (QED) is 0.666. The zero-order valence-corrected chi connectivity index (χ0v) is 10.2. The van der Waals surface area contributed by atoms with Crippen LogP contribution in [-0.2, 0) is 9.59 Å². The molecule has 1 rings (SSSR count). The number of alkyl halides is 3. The third-order valence-electron chi connectivity index (χ3n) is 2.03. The van der Waals surface area contributed by atoms with Gasteiger partial charge in [0.25, 0.3) is 0 Å². The minimum atomic E-state index is -5.16. The summed E-state index contributed by atoms with van der Waals surface area (Å²) in [6.45, 7) is 0. The molecule has 0 atom stereocenters. The van der Waals surface area contributed by atoms with Crippen molar-refractivity contribution in [2.24, 2.45) is 0 Å². The molecule has 0 fully saturated rings. The molecular weight excluding hydrogens is 306 g/mol. The van der Waals surface area contributed by atoms with Crippen LogP contribution >= 0.6 is 11.6 Å². The fraction of sp³-hybridized carbons (Fsp3) is 0.0909. The number of carboxylic acid groups (broad SMARTS) is 1. The first-order valence-corrected chi connectivity index (χ1v) is 5.28. The van der Waals surface area contributed by atoms with Crippen LogP contribution < -0.4 is 5.32 Å². The number of rotatable bonds is 3. The molecule has 0 saturated heterocycles. The molecule has 2 N–H and O–H groups in total. The van der Waals surface area contributed by atoms with E-state index in [0.717, 1.165) is 12.1 Å². The van der Waals surface area contributed by atoms with Crippen molar-refractivity contribution in [1.82, 2.24) is 0 Å². The number of benzene rings is 1. The van der Waals surface area contributed by atoms with E-state index >= 15 is 0 Å². The van der Waals surface area contributed by atoms with E-state index in [9.17, 15) is 27.2 Å². The molecule has 20 heavy (non-hydrogen) atoms. The van der Waals surface area contributed by atoms with Crippen molar-refractivity contribution in [2.75, 3.05) is 5.32 Å². The molecule has 0 aliphatic heterocycles. The topological polar surface area (TPSA) is 66.4 Å². The lowest BCUT2D eigenvalue weighted by Crippen LogP contribution is -2.30. The average molecular weight is 312 g/mol. The smallest absolute Gasteiger partial charge is 0.471 e. The predicted molar refractivity (Wildman–Crippen MR) is 62.8 cm³/mol. The third-order valence-corrected chi connectivity index (χ3v) is 2.32. The van der Waals surface area contributed by atoms with Gasteiger partial charge < -0.3 is 10.4 Å². The summed E-state index contributed by atoms with van der Waals surface area (Å²) in [5.74, 6) is -4.91. The Balaban J connectivity index is 3.23. The van der Waals surface area contributed by atoms with Crippen molar-refractivity contribution in [1.29, 1.82) is 0 Å². The third kappa shape index (κ3) is 3.95. The van der Waals surface area contributed by atoms with Gasteiger partial charge in [-0.05, 0) is 18.2 Å². The molecule has 1 aromatic carbocycles. The summed E-state index contributed by atoms with van der Waals surface area (Å²) in [5, 5.41) is 9.43. The number of amides is 1. The summed E-state index contributed by atoms with van der Waals surface area (Å²) in [5.41, 5.74) is -1.12. The fourth-order valence-corrected chi connectivity index (χ4v) is 1.35. The molecule has 1 amide bonds. The lowest BCUT2D eigenvalue weighted by atomic mass is 10.1. The van der Waals surface area contributed by atoms with Crippen molar-refractivity contribution in [3.05, 3.63) is 34.6 Å². The van der Waals surface area contributed by atoms with Crippen LogP contribution in [0.15, 0.2) is 18.2 Å². The van der Waals surface area contributed by atoms with E-state index in [-0.39, 0.29) is 0 Å². The molecular formula is C11H6ClF4NO3. The first-order valence-electron chi connectivity index (χ1n) is 4.90. The number of aliphatic carboxylic acids is 1. The van der Waals surface area contributed by atoms with Crippen LogP contribution in [0.25, 0.3) is 6.08 Å². The van der Waals surface area contributed by atoms with Gasteiger partial charge >= 0.3 is 18.1 Å². The molecule has 9 heteroatoms. The SMILES string of the molecule is O=C(O)/C=C/c1c(NC(=O)C(F)(F)F)ccc(Cl)c1F. The van der Waals surface area contributed by atoms with E-state index < -0.39 is 40.1 Å². The summed E-state index contributed by atoms with van der Waals surface area (Å²) < 4.78 is 50.0. The number of hydrogen-bond acceptors (Lipinski definition) is 2. The Kier molecular flexibility index (Phi) is 4.72. The summed E-state index contributed by atoms with van der Waals surface area (Å²) in [6, 6.07) is 1.86. The van der Waals surface area contributed by atoms with E-state index in [1.807, 2.05) is 0 Å². The first-order chi connectivity index (χ1) is 9.12. The number of anilines is 1. The Morgan fingerprint density at radius 2 is 1.90 bits per heavy atom. The number of carbonyl (C=O) groups excluding carboxylic acids is 1. The highest BCUT2D eigenvalue weighted by Crippen LogP contribution is 2.28. The molecule has 0 bridgehead atoms. The second-order valence-electron chi connectivity index (χ2n) is 3.45. The standard InChI is InChI=1S/C11H6ClF4NO3/c12-6-2-3-7(17-10(20)11(14,15)16)5(9(6)13)1-4-8(18)19/h1-4H,(H,17,20)(H,18,19)/b4-1+. The van der Waals surface area contributed by atoms with E-state index in [2.05, 4.69) is 0 Å². The van der Waals surface area contributed by atoms with E-state index in [1.54, 1.807) is 0 Å². The van der Waals surface area contributed by atoms with Gasteiger partial charge in [0, 0.05) is 11.6 Å². The average Bonchev–Trinajstić information content (AvgIpc) is 2.31. The highest BCUT2D eigenvalue weighted by atomic mass is 35.5. The van der Waals surface area contributed by atoms with Crippen molar-refractivity contribution >= 4 is 35.2 Å². The maximum Gasteiger partial charge on any atom is 0.471 e. The maximum absolute atomic E-state index is 13.7. The van der Waals surface area contributed by atoms with Gasteiger partial charge in [-0.1, -0.05) is 11.6 Å². The van der Waals surface area contributed by atoms with Crippen molar-refractivity contribution < 1.29 is 32.3 Å². The fourth-order valence-electron chi connectivity index (χ4n) is 1.19. The van der Waals surface area contributed by atoms with E-state index in [4.69, 9.17) is 16.7 Å². The van der Waals surface area contributed by atoms with E-state index in [0.29, 0.717) is 12.2 Å². The van der Waals surface area contributed by atoms with Gasteiger partial charge in [-0.3, -0.25) is 4.79 Å². The molecule has 0 unspecified atom stereocenters. The highest BCUT2D eigenvalue weighted by Gasteiger charge is 2.39. The number of hydrogen-bond donors (Lipinski definition) is 2. The molecule has 1 aromatic rings. The van der Waals surface area contributed by atoms with Gasteiger partial charge in [-0.25, -0.2) is 9.18 Å². The zero-order chi connectivity index (χ0) is 15.5. The van der Waals surface area contributed by atoms with Gasteiger partial charge in [-0.15, -0.1) is 0 Å². The Labute approximate surface area is 114 Å². The molecule has 108 valence electrons. The van der Waals surface area contributed by atoms with Crippen LogP contribution in [0.2, 0.25) is 5.02 Å². The van der Waals surface area contributed by atoms with Crippen LogP contribution in [0.4, 0.5) is 23.2 Å². The Hall–Kier alpha value is -2.09. The van der Waals surface area contributed by atoms with Crippen molar-refractivity contribution in [2.45, 2.75) is 6.18 Å². The highest BCUT2D eigenvalue weighted by molar-refractivity contribution is 6.31.